The van der Waals surface area contributed by atoms with Gasteiger partial charge in [0.15, 0.2) is 0 Å². The van der Waals surface area contributed by atoms with Gasteiger partial charge in [-0.2, -0.15) is 0 Å². The van der Waals surface area contributed by atoms with Gasteiger partial charge < -0.3 is 15.5 Å². The first kappa shape index (κ1) is 12.8. The van der Waals surface area contributed by atoms with Crippen LogP contribution in [0.15, 0.2) is 12.1 Å². The maximum absolute atomic E-state index is 13.5. The molecule has 6 heteroatoms. The second kappa shape index (κ2) is 4.89. The molecule has 0 bridgehead atoms. The Morgan fingerprint density at radius 2 is 1.94 bits per heavy atom. The zero-order valence-electron chi connectivity index (χ0n) is 9.49. The molecule has 0 aliphatic heterocycles. The summed E-state index contributed by atoms with van der Waals surface area (Å²) >= 11 is 0. The summed E-state index contributed by atoms with van der Waals surface area (Å²) in [6.45, 7) is 0.0466. The molecule has 98 valence electrons. The van der Waals surface area contributed by atoms with E-state index in [-0.39, 0.29) is 12.5 Å². The molecule has 0 spiro atoms. The van der Waals surface area contributed by atoms with E-state index in [1.807, 2.05) is 0 Å². The zero-order valence-corrected chi connectivity index (χ0v) is 9.49. The summed E-state index contributed by atoms with van der Waals surface area (Å²) in [5.41, 5.74) is -0.849. The zero-order chi connectivity index (χ0) is 13.3. The Kier molecular flexibility index (Phi) is 3.47. The van der Waals surface area contributed by atoms with E-state index in [2.05, 4.69) is 5.32 Å². The van der Waals surface area contributed by atoms with E-state index < -0.39 is 35.0 Å². The molecular weight excluding hydrogens is 244 g/mol. The summed E-state index contributed by atoms with van der Waals surface area (Å²) in [5.74, 6) is -3.15. The fourth-order valence-electron chi connectivity index (χ4n) is 1.72. The van der Waals surface area contributed by atoms with Crippen LogP contribution in [0.2, 0.25) is 0 Å². The Hall–Kier alpha value is -1.69. The second-order valence-corrected chi connectivity index (χ2v) is 4.41. The number of hydrogen-bond acceptors (Lipinski definition) is 3. The fraction of sp³-hybridized carbons (Fsp3) is 0.417. The van der Waals surface area contributed by atoms with Crippen LogP contribution in [0.25, 0.3) is 0 Å². The van der Waals surface area contributed by atoms with Crippen molar-refractivity contribution in [3.63, 3.8) is 0 Å². The highest BCUT2D eigenvalue weighted by molar-refractivity contribution is 5.88. The predicted octanol–water partition coefficient (Wildman–Crippen LogP) is 1.85. The van der Waals surface area contributed by atoms with Crippen LogP contribution in [-0.2, 0) is 0 Å². The van der Waals surface area contributed by atoms with Crippen molar-refractivity contribution >= 4 is 11.7 Å². The van der Waals surface area contributed by atoms with Gasteiger partial charge in [0.2, 0.25) is 0 Å². The molecule has 1 aliphatic carbocycles. The number of aliphatic hydroxyl groups excluding tert-OH is 1. The molecule has 1 unspecified atom stereocenters. The highest BCUT2D eigenvalue weighted by atomic mass is 19.1. The van der Waals surface area contributed by atoms with Crippen LogP contribution < -0.4 is 5.32 Å². The molecule has 1 aliphatic rings. The molecule has 1 saturated carbocycles. The quantitative estimate of drug-likeness (QED) is 0.753. The summed E-state index contributed by atoms with van der Waals surface area (Å²) in [5, 5.41) is 20.7. The molecule has 3 N–H and O–H groups in total. The lowest BCUT2D eigenvalue weighted by molar-refractivity contribution is 0.0695. The number of aromatic carboxylic acids is 1. The molecule has 1 fully saturated rings. The third-order valence-corrected chi connectivity index (χ3v) is 2.94. The maximum atomic E-state index is 13.5. The van der Waals surface area contributed by atoms with Gasteiger partial charge in [0.1, 0.15) is 17.3 Å². The predicted molar refractivity (Wildman–Crippen MR) is 60.5 cm³/mol. The first-order valence-electron chi connectivity index (χ1n) is 5.63. The lowest BCUT2D eigenvalue weighted by Gasteiger charge is -2.13. The van der Waals surface area contributed by atoms with Gasteiger partial charge in [0.25, 0.3) is 0 Å². The van der Waals surface area contributed by atoms with Gasteiger partial charge in [0, 0.05) is 6.54 Å². The van der Waals surface area contributed by atoms with Crippen LogP contribution in [0, 0.1) is 17.6 Å². The number of aliphatic hydroxyl groups is 1. The van der Waals surface area contributed by atoms with Gasteiger partial charge in [0.05, 0.1) is 11.7 Å². The molecule has 1 aromatic rings. The SMILES string of the molecule is O=C(O)c1cc(F)c(NCC(O)C2CC2)c(F)c1. The average molecular weight is 257 g/mol. The monoisotopic (exact) mass is 257 g/mol. The molecule has 0 amide bonds. The first-order valence-corrected chi connectivity index (χ1v) is 5.63. The van der Waals surface area contributed by atoms with Crippen LogP contribution in [-0.4, -0.2) is 28.8 Å². The van der Waals surface area contributed by atoms with Gasteiger partial charge in [-0.3, -0.25) is 0 Å². The number of carboxylic acid groups (broad SMARTS) is 1. The molecule has 4 nitrogen and oxygen atoms in total. The number of carboxylic acids is 1. The standard InChI is InChI=1S/C12H13F2NO3/c13-8-3-7(12(17)18)4-9(14)11(8)15-5-10(16)6-1-2-6/h3-4,6,10,15-16H,1-2,5H2,(H,17,18). The summed E-state index contributed by atoms with van der Waals surface area (Å²) in [6, 6.07) is 1.49. The highest BCUT2D eigenvalue weighted by Gasteiger charge is 2.29. The second-order valence-electron chi connectivity index (χ2n) is 4.41. The molecule has 18 heavy (non-hydrogen) atoms. The van der Waals surface area contributed by atoms with Gasteiger partial charge in [-0.1, -0.05) is 0 Å². The fourth-order valence-corrected chi connectivity index (χ4v) is 1.72. The Morgan fingerprint density at radius 3 is 2.39 bits per heavy atom. The molecule has 0 saturated heterocycles. The Morgan fingerprint density at radius 1 is 1.39 bits per heavy atom. The summed E-state index contributed by atoms with van der Waals surface area (Å²) in [6.07, 6.45) is 1.21. The summed E-state index contributed by atoms with van der Waals surface area (Å²) < 4.78 is 27.0. The van der Waals surface area contributed by atoms with E-state index in [0.717, 1.165) is 25.0 Å². The Bertz CT molecular complexity index is 451. The van der Waals surface area contributed by atoms with E-state index in [4.69, 9.17) is 5.11 Å². The Balaban J connectivity index is 2.09. The van der Waals surface area contributed by atoms with E-state index in [9.17, 15) is 18.7 Å². The minimum absolute atomic E-state index is 0.0466. The van der Waals surface area contributed by atoms with Crippen molar-refractivity contribution in [3.05, 3.63) is 29.3 Å². The number of benzene rings is 1. The van der Waals surface area contributed by atoms with Crippen LogP contribution in [0.5, 0.6) is 0 Å². The lowest BCUT2D eigenvalue weighted by Crippen LogP contribution is -2.22. The molecule has 1 aromatic carbocycles. The molecule has 0 heterocycles. The van der Waals surface area contributed by atoms with Crippen molar-refractivity contribution in [1.29, 1.82) is 0 Å². The molecule has 0 aromatic heterocycles. The van der Waals surface area contributed by atoms with Crippen LogP contribution in [0.4, 0.5) is 14.5 Å². The normalized spacial score (nSPS) is 16.4. The van der Waals surface area contributed by atoms with Gasteiger partial charge in [-0.25, -0.2) is 13.6 Å². The average Bonchev–Trinajstić information content (AvgIpc) is 3.10. The largest absolute Gasteiger partial charge is 0.478 e. The van der Waals surface area contributed by atoms with E-state index in [0.29, 0.717) is 0 Å². The number of hydrogen-bond donors (Lipinski definition) is 3. The van der Waals surface area contributed by atoms with E-state index >= 15 is 0 Å². The lowest BCUT2D eigenvalue weighted by atomic mass is 10.1. The van der Waals surface area contributed by atoms with Crippen LogP contribution >= 0.6 is 0 Å². The smallest absolute Gasteiger partial charge is 0.335 e. The van der Waals surface area contributed by atoms with Crippen molar-refractivity contribution in [2.45, 2.75) is 18.9 Å². The number of halogens is 2. The summed E-state index contributed by atoms with van der Waals surface area (Å²) in [7, 11) is 0. The van der Waals surface area contributed by atoms with Crippen molar-refractivity contribution in [2.75, 3.05) is 11.9 Å². The molecule has 0 radical (unpaired) electrons. The third kappa shape index (κ3) is 2.76. The first-order chi connectivity index (χ1) is 8.49. The highest BCUT2D eigenvalue weighted by Crippen LogP contribution is 2.32. The molecule has 1 atom stereocenters. The topological polar surface area (TPSA) is 69.6 Å². The summed E-state index contributed by atoms with van der Waals surface area (Å²) in [4.78, 5) is 10.6. The Labute approximate surface area is 102 Å². The van der Waals surface area contributed by atoms with Gasteiger partial charge in [-0.15, -0.1) is 0 Å². The number of nitrogens with one attached hydrogen (secondary N) is 1. The van der Waals surface area contributed by atoms with E-state index in [1.54, 1.807) is 0 Å². The van der Waals surface area contributed by atoms with Crippen molar-refractivity contribution < 1.29 is 23.8 Å². The van der Waals surface area contributed by atoms with Gasteiger partial charge >= 0.3 is 5.97 Å². The minimum Gasteiger partial charge on any atom is -0.478 e. The van der Waals surface area contributed by atoms with Crippen molar-refractivity contribution in [3.8, 4) is 0 Å². The van der Waals surface area contributed by atoms with Crippen LogP contribution in [0.3, 0.4) is 0 Å². The van der Waals surface area contributed by atoms with Crippen LogP contribution in [0.1, 0.15) is 23.2 Å². The number of rotatable bonds is 5. The minimum atomic E-state index is -1.39. The number of carbonyl (C=O) groups is 1. The molecular formula is C12H13F2NO3. The third-order valence-electron chi connectivity index (χ3n) is 2.94. The molecule has 2 rings (SSSR count). The van der Waals surface area contributed by atoms with Crippen molar-refractivity contribution in [2.24, 2.45) is 5.92 Å². The van der Waals surface area contributed by atoms with Crippen molar-refractivity contribution in [1.82, 2.24) is 0 Å². The maximum Gasteiger partial charge on any atom is 0.335 e. The van der Waals surface area contributed by atoms with E-state index in [1.165, 1.54) is 0 Å². The van der Waals surface area contributed by atoms with Gasteiger partial charge in [-0.05, 0) is 30.9 Å². The number of anilines is 1.